The Hall–Kier alpha value is -0.460. The Balaban J connectivity index is 0.00000264. The molecule has 0 unspecified atom stereocenters. The summed E-state index contributed by atoms with van der Waals surface area (Å²) in [6.07, 6.45) is 4.04. The molecule has 1 N–H and O–H groups in total. The zero-order chi connectivity index (χ0) is 15.9. The third kappa shape index (κ3) is 5.81. The highest BCUT2D eigenvalue weighted by Gasteiger charge is 2.24. The number of nitrogens with zero attached hydrogens (tertiary/aromatic N) is 1. The van der Waals surface area contributed by atoms with Crippen molar-refractivity contribution in [2.45, 2.75) is 18.9 Å². The summed E-state index contributed by atoms with van der Waals surface area (Å²) >= 11 is 3.71. The molecule has 1 atom stereocenters. The molecule has 0 bridgehead atoms. The molecule has 0 aliphatic carbocycles. The highest BCUT2D eigenvalue weighted by atomic mass is 79.9. The lowest BCUT2D eigenvalue weighted by Gasteiger charge is -2.36. The summed E-state index contributed by atoms with van der Waals surface area (Å²) < 4.78 is 11.9. The first-order valence-corrected chi connectivity index (χ1v) is 8.47. The Kier molecular flexibility index (Phi) is 11.8. The average Bonchev–Trinajstić information content (AvgIpc) is 2.57. The Morgan fingerprint density at radius 3 is 2.33 bits per heavy atom. The van der Waals surface area contributed by atoms with E-state index in [1.54, 1.807) is 14.2 Å². The van der Waals surface area contributed by atoms with Gasteiger partial charge in [-0.05, 0) is 30.5 Å². The second-order valence-electron chi connectivity index (χ2n) is 5.40. The molecule has 0 spiro atoms. The number of halogens is 3. The third-order valence-corrected chi connectivity index (χ3v) is 4.79. The molecule has 0 saturated carbocycles. The topological polar surface area (TPSA) is 33.7 Å². The molecule has 0 radical (unpaired) electrons. The fourth-order valence-corrected chi connectivity index (χ4v) is 3.52. The minimum atomic E-state index is 0. The summed E-state index contributed by atoms with van der Waals surface area (Å²) in [6, 6.07) is 4.45. The van der Waals surface area contributed by atoms with Crippen LogP contribution in [0, 0.1) is 0 Å². The summed E-state index contributed by atoms with van der Waals surface area (Å²) in [4.78, 5) is 2.53. The van der Waals surface area contributed by atoms with Crippen LogP contribution < -0.4 is 14.8 Å². The smallest absolute Gasteiger partial charge is 0.161 e. The zero-order valence-corrected chi connectivity index (χ0v) is 17.4. The lowest BCUT2D eigenvalue weighted by atomic mass is 9.99. The van der Waals surface area contributed by atoms with Crippen LogP contribution in [-0.4, -0.2) is 45.3 Å². The lowest BCUT2D eigenvalue weighted by Crippen LogP contribution is -2.45. The minimum Gasteiger partial charge on any atom is -0.493 e. The van der Waals surface area contributed by atoms with E-state index in [2.05, 4.69) is 38.8 Å². The van der Waals surface area contributed by atoms with Gasteiger partial charge in [0.25, 0.3) is 0 Å². The number of benzene rings is 1. The molecule has 138 valence electrons. The van der Waals surface area contributed by atoms with Crippen LogP contribution in [0.4, 0.5) is 0 Å². The molecule has 0 aromatic heterocycles. The third-order valence-electron chi connectivity index (χ3n) is 4.10. The second-order valence-corrected chi connectivity index (χ2v) is 6.25. The molecule has 1 aliphatic rings. The number of ether oxygens (including phenoxy) is 2. The molecule has 4 nitrogen and oxygen atoms in total. The largest absolute Gasteiger partial charge is 0.493 e. The van der Waals surface area contributed by atoms with Gasteiger partial charge in [0.15, 0.2) is 11.5 Å². The Bertz CT molecular complexity index is 512. The first kappa shape index (κ1) is 23.5. The summed E-state index contributed by atoms with van der Waals surface area (Å²) in [7, 11) is 3.34. The van der Waals surface area contributed by atoms with Crippen LogP contribution in [0.15, 0.2) is 29.3 Å². The van der Waals surface area contributed by atoms with Gasteiger partial charge in [-0.25, -0.2) is 0 Å². The van der Waals surface area contributed by atoms with Crippen molar-refractivity contribution < 1.29 is 9.47 Å². The van der Waals surface area contributed by atoms with Crippen LogP contribution in [0.5, 0.6) is 11.5 Å². The van der Waals surface area contributed by atoms with E-state index in [9.17, 15) is 0 Å². The van der Waals surface area contributed by atoms with Crippen molar-refractivity contribution in [3.8, 4) is 11.5 Å². The number of allylic oxidation sites excluding steroid dienone is 1. The SMILES string of the molecule is C=CCC[C@H](c1cc(OC)c(OC)cc1Br)N1CCNCC1.Cl.Cl. The van der Waals surface area contributed by atoms with Gasteiger partial charge < -0.3 is 14.8 Å². The van der Waals surface area contributed by atoms with Crippen LogP contribution in [0.3, 0.4) is 0 Å². The van der Waals surface area contributed by atoms with Crippen molar-refractivity contribution in [1.82, 2.24) is 10.2 Å². The van der Waals surface area contributed by atoms with Crippen LogP contribution in [0.2, 0.25) is 0 Å². The van der Waals surface area contributed by atoms with Gasteiger partial charge in [-0.2, -0.15) is 0 Å². The van der Waals surface area contributed by atoms with Crippen LogP contribution in [-0.2, 0) is 0 Å². The van der Waals surface area contributed by atoms with E-state index in [1.165, 1.54) is 5.56 Å². The maximum Gasteiger partial charge on any atom is 0.161 e. The van der Waals surface area contributed by atoms with Crippen molar-refractivity contribution in [2.24, 2.45) is 0 Å². The molecule has 1 heterocycles. The van der Waals surface area contributed by atoms with E-state index < -0.39 is 0 Å². The summed E-state index contributed by atoms with van der Waals surface area (Å²) in [5.74, 6) is 1.53. The van der Waals surface area contributed by atoms with E-state index in [0.717, 1.165) is 55.0 Å². The molecule has 1 aromatic carbocycles. The van der Waals surface area contributed by atoms with Crippen LogP contribution in [0.25, 0.3) is 0 Å². The van der Waals surface area contributed by atoms with Crippen molar-refractivity contribution >= 4 is 40.7 Å². The molecule has 1 aromatic rings. The highest BCUT2D eigenvalue weighted by molar-refractivity contribution is 9.10. The minimum absolute atomic E-state index is 0. The number of hydrogen-bond acceptors (Lipinski definition) is 4. The maximum absolute atomic E-state index is 5.48. The van der Waals surface area contributed by atoms with Crippen molar-refractivity contribution in [3.63, 3.8) is 0 Å². The van der Waals surface area contributed by atoms with Gasteiger partial charge in [0.1, 0.15) is 0 Å². The Labute approximate surface area is 165 Å². The fraction of sp³-hybridized carbons (Fsp3) is 0.529. The molecule has 24 heavy (non-hydrogen) atoms. The van der Waals surface area contributed by atoms with Gasteiger partial charge in [0.05, 0.1) is 14.2 Å². The summed E-state index contributed by atoms with van der Waals surface area (Å²) in [6.45, 7) is 8.06. The fourth-order valence-electron chi connectivity index (χ4n) is 2.93. The predicted molar refractivity (Wildman–Crippen MR) is 108 cm³/mol. The quantitative estimate of drug-likeness (QED) is 0.642. The van der Waals surface area contributed by atoms with E-state index in [4.69, 9.17) is 9.47 Å². The normalized spacial score (nSPS) is 15.6. The van der Waals surface area contributed by atoms with Gasteiger partial charge in [-0.15, -0.1) is 31.4 Å². The van der Waals surface area contributed by atoms with Gasteiger partial charge in [0.2, 0.25) is 0 Å². The van der Waals surface area contributed by atoms with Crippen LogP contribution in [0.1, 0.15) is 24.4 Å². The number of piperazine rings is 1. The molecule has 2 rings (SSSR count). The van der Waals surface area contributed by atoms with E-state index in [-0.39, 0.29) is 24.8 Å². The number of methoxy groups -OCH3 is 2. The Morgan fingerprint density at radius 1 is 1.21 bits per heavy atom. The number of nitrogens with one attached hydrogen (secondary N) is 1. The maximum atomic E-state index is 5.48. The van der Waals surface area contributed by atoms with Crippen LogP contribution >= 0.6 is 40.7 Å². The highest BCUT2D eigenvalue weighted by Crippen LogP contribution is 2.39. The molecule has 0 amide bonds. The standard InChI is InChI=1S/C17H25BrN2O2.2ClH/c1-4-5-6-15(20-9-7-19-8-10-20)13-11-16(21-2)17(22-3)12-14(13)18;;/h4,11-12,15,19H,1,5-10H2,2-3H3;2*1H/t15-;;/m1../s1. The van der Waals surface area contributed by atoms with Gasteiger partial charge >= 0.3 is 0 Å². The first-order chi connectivity index (χ1) is 10.7. The van der Waals surface area contributed by atoms with Crippen molar-refractivity contribution in [2.75, 3.05) is 40.4 Å². The molecular formula is C17H27BrCl2N2O2. The summed E-state index contributed by atoms with van der Waals surface area (Å²) in [5.41, 5.74) is 1.25. The average molecular weight is 442 g/mol. The van der Waals surface area contributed by atoms with E-state index >= 15 is 0 Å². The van der Waals surface area contributed by atoms with E-state index in [1.807, 2.05) is 12.1 Å². The molecular weight excluding hydrogens is 415 g/mol. The van der Waals surface area contributed by atoms with Crippen molar-refractivity contribution in [3.05, 3.63) is 34.8 Å². The second kappa shape index (κ2) is 12.0. The number of hydrogen-bond donors (Lipinski definition) is 1. The predicted octanol–water partition coefficient (Wildman–Crippen LogP) is 4.22. The molecule has 1 saturated heterocycles. The lowest BCUT2D eigenvalue weighted by molar-refractivity contribution is 0.165. The van der Waals surface area contributed by atoms with Crippen molar-refractivity contribution in [1.29, 1.82) is 0 Å². The molecule has 1 fully saturated rings. The first-order valence-electron chi connectivity index (χ1n) is 7.68. The Morgan fingerprint density at radius 2 is 1.79 bits per heavy atom. The van der Waals surface area contributed by atoms with Gasteiger partial charge in [0, 0.05) is 36.7 Å². The molecule has 7 heteroatoms. The number of rotatable bonds is 7. The van der Waals surface area contributed by atoms with E-state index in [0.29, 0.717) is 6.04 Å². The summed E-state index contributed by atoms with van der Waals surface area (Å²) in [5, 5.41) is 3.41. The van der Waals surface area contributed by atoms with Gasteiger partial charge in [-0.3, -0.25) is 4.90 Å². The monoisotopic (exact) mass is 440 g/mol. The van der Waals surface area contributed by atoms with Gasteiger partial charge in [-0.1, -0.05) is 22.0 Å². The zero-order valence-electron chi connectivity index (χ0n) is 14.2. The molecule has 1 aliphatic heterocycles.